The maximum absolute atomic E-state index is 11.5. The Morgan fingerprint density at radius 2 is 2.27 bits per heavy atom. The first-order valence-electron chi connectivity index (χ1n) is 4.34. The summed E-state index contributed by atoms with van der Waals surface area (Å²) in [4.78, 5) is 22.2. The number of carboxylic acid groups (broad SMARTS) is 1. The number of hydrogen-bond acceptors (Lipinski definition) is 3. The van der Waals surface area contributed by atoms with Crippen molar-refractivity contribution in [3.63, 3.8) is 0 Å². The van der Waals surface area contributed by atoms with Crippen molar-refractivity contribution in [3.8, 4) is 0 Å². The molecule has 0 aromatic heterocycles. The number of anilines is 1. The van der Waals surface area contributed by atoms with Crippen molar-refractivity contribution in [2.24, 2.45) is 0 Å². The molecule has 0 spiro atoms. The highest BCUT2D eigenvalue weighted by Crippen LogP contribution is 2.39. The van der Waals surface area contributed by atoms with Gasteiger partial charge in [-0.25, -0.2) is 4.79 Å². The highest BCUT2D eigenvalue weighted by Gasteiger charge is 2.30. The highest BCUT2D eigenvalue weighted by atomic mass is 32.2. The van der Waals surface area contributed by atoms with Gasteiger partial charge in [0.05, 0.1) is 5.56 Å². The van der Waals surface area contributed by atoms with E-state index < -0.39 is 5.97 Å². The molecule has 0 saturated carbocycles. The number of carboxylic acids is 1. The average Bonchev–Trinajstić information content (AvgIpc) is 2.51. The van der Waals surface area contributed by atoms with Crippen molar-refractivity contribution in [1.82, 2.24) is 0 Å². The number of fused-ring (bicyclic) bond motifs is 1. The van der Waals surface area contributed by atoms with Gasteiger partial charge in [-0.2, -0.15) is 0 Å². The molecule has 1 heterocycles. The fourth-order valence-electron chi connectivity index (χ4n) is 1.60. The van der Waals surface area contributed by atoms with E-state index in [4.69, 9.17) is 5.11 Å². The van der Waals surface area contributed by atoms with Crippen molar-refractivity contribution < 1.29 is 14.7 Å². The number of hydrogen-bond donors (Lipinski definition) is 2. The Morgan fingerprint density at radius 1 is 1.53 bits per heavy atom. The normalized spacial score (nSPS) is 18.5. The molecule has 78 valence electrons. The van der Waals surface area contributed by atoms with Crippen LogP contribution < -0.4 is 5.32 Å². The SMILES string of the molecule is CSC1C(=O)Nc2ccc(C(=O)O)cc21. The van der Waals surface area contributed by atoms with Crippen molar-refractivity contribution in [2.75, 3.05) is 11.6 Å². The van der Waals surface area contributed by atoms with Crippen LogP contribution >= 0.6 is 11.8 Å². The monoisotopic (exact) mass is 223 g/mol. The first kappa shape index (κ1) is 10.0. The molecule has 0 bridgehead atoms. The van der Waals surface area contributed by atoms with Gasteiger partial charge in [0, 0.05) is 5.69 Å². The Balaban J connectivity index is 2.49. The third-order valence-corrected chi connectivity index (χ3v) is 3.25. The van der Waals surface area contributed by atoms with Crippen molar-refractivity contribution in [3.05, 3.63) is 29.3 Å². The van der Waals surface area contributed by atoms with Crippen LogP contribution in [0, 0.1) is 0 Å². The lowest BCUT2D eigenvalue weighted by molar-refractivity contribution is -0.115. The molecule has 1 aliphatic heterocycles. The van der Waals surface area contributed by atoms with Crippen molar-refractivity contribution in [1.29, 1.82) is 0 Å². The van der Waals surface area contributed by atoms with E-state index in [2.05, 4.69) is 5.32 Å². The lowest BCUT2D eigenvalue weighted by Gasteiger charge is -2.04. The Hall–Kier alpha value is -1.49. The van der Waals surface area contributed by atoms with Crippen LogP contribution in [0.4, 0.5) is 5.69 Å². The zero-order valence-corrected chi connectivity index (χ0v) is 8.80. The van der Waals surface area contributed by atoms with E-state index in [1.165, 1.54) is 17.8 Å². The minimum atomic E-state index is -0.975. The number of carbonyl (C=O) groups excluding carboxylic acids is 1. The Bertz CT molecular complexity index is 444. The summed E-state index contributed by atoms with van der Waals surface area (Å²) in [5, 5.41) is 11.2. The largest absolute Gasteiger partial charge is 0.478 e. The van der Waals surface area contributed by atoms with E-state index in [9.17, 15) is 9.59 Å². The zero-order chi connectivity index (χ0) is 11.0. The molecule has 1 amide bonds. The minimum absolute atomic E-state index is 0.0833. The standard InChI is InChI=1S/C10H9NO3S/c1-15-8-6-4-5(10(13)14)2-3-7(6)11-9(8)12/h2-4,8H,1H3,(H,11,12)(H,13,14). The number of nitrogens with one attached hydrogen (secondary N) is 1. The quantitative estimate of drug-likeness (QED) is 0.801. The second-order valence-electron chi connectivity index (χ2n) is 3.21. The van der Waals surface area contributed by atoms with Crippen LogP contribution in [0.1, 0.15) is 21.2 Å². The molecule has 0 saturated heterocycles. The van der Waals surface area contributed by atoms with E-state index in [-0.39, 0.29) is 16.7 Å². The molecule has 0 aliphatic carbocycles. The van der Waals surface area contributed by atoms with Crippen LogP contribution in [0.3, 0.4) is 0 Å². The van der Waals surface area contributed by atoms with Gasteiger partial charge in [-0.1, -0.05) is 0 Å². The van der Waals surface area contributed by atoms with Crippen LogP contribution in [0.25, 0.3) is 0 Å². The maximum atomic E-state index is 11.5. The second-order valence-corrected chi connectivity index (χ2v) is 4.15. The third kappa shape index (κ3) is 1.59. The molecule has 4 nitrogen and oxygen atoms in total. The summed E-state index contributed by atoms with van der Waals surface area (Å²) in [6, 6.07) is 4.67. The second kappa shape index (κ2) is 3.58. The van der Waals surface area contributed by atoms with Crippen LogP contribution in [0.2, 0.25) is 0 Å². The molecule has 15 heavy (non-hydrogen) atoms. The van der Waals surface area contributed by atoms with Gasteiger partial charge in [0.1, 0.15) is 5.25 Å². The van der Waals surface area contributed by atoms with Crippen molar-refractivity contribution >= 4 is 29.3 Å². The molecule has 2 rings (SSSR count). The van der Waals surface area contributed by atoms with E-state index in [0.29, 0.717) is 5.69 Å². The van der Waals surface area contributed by atoms with Crippen LogP contribution in [-0.2, 0) is 4.79 Å². The number of thioether (sulfide) groups is 1. The van der Waals surface area contributed by atoms with Gasteiger partial charge in [-0.3, -0.25) is 4.79 Å². The van der Waals surface area contributed by atoms with Gasteiger partial charge in [0.15, 0.2) is 0 Å². The maximum Gasteiger partial charge on any atom is 0.335 e. The van der Waals surface area contributed by atoms with E-state index in [1.54, 1.807) is 12.1 Å². The topological polar surface area (TPSA) is 66.4 Å². The molecular formula is C10H9NO3S. The molecule has 1 atom stereocenters. The molecule has 1 aromatic carbocycles. The summed E-state index contributed by atoms with van der Waals surface area (Å²) in [7, 11) is 0. The number of benzene rings is 1. The fourth-order valence-corrected chi connectivity index (χ4v) is 2.32. The molecule has 2 N–H and O–H groups in total. The van der Waals surface area contributed by atoms with Gasteiger partial charge in [0.25, 0.3) is 0 Å². The smallest absolute Gasteiger partial charge is 0.335 e. The lowest BCUT2D eigenvalue weighted by atomic mass is 10.1. The molecule has 1 aliphatic rings. The van der Waals surface area contributed by atoms with E-state index >= 15 is 0 Å². The van der Waals surface area contributed by atoms with Gasteiger partial charge in [-0.05, 0) is 30.0 Å². The summed E-state index contributed by atoms with van der Waals surface area (Å²) in [6.07, 6.45) is 1.83. The molecular weight excluding hydrogens is 214 g/mol. The first-order chi connectivity index (χ1) is 7.13. The van der Waals surface area contributed by atoms with Crippen LogP contribution in [0.15, 0.2) is 18.2 Å². The molecule has 0 radical (unpaired) electrons. The summed E-state index contributed by atoms with van der Waals surface area (Å²) in [6.45, 7) is 0. The van der Waals surface area contributed by atoms with Crippen molar-refractivity contribution in [2.45, 2.75) is 5.25 Å². The van der Waals surface area contributed by atoms with Gasteiger partial charge < -0.3 is 10.4 Å². The molecule has 1 aromatic rings. The zero-order valence-electron chi connectivity index (χ0n) is 7.98. The van der Waals surface area contributed by atoms with Crippen LogP contribution in [-0.4, -0.2) is 23.2 Å². The van der Waals surface area contributed by atoms with Crippen LogP contribution in [0.5, 0.6) is 0 Å². The summed E-state index contributed by atoms with van der Waals surface area (Å²) in [5.74, 6) is -1.06. The van der Waals surface area contributed by atoms with Gasteiger partial charge in [0.2, 0.25) is 5.91 Å². The van der Waals surface area contributed by atoms with E-state index in [1.807, 2.05) is 6.26 Å². The highest BCUT2D eigenvalue weighted by molar-refractivity contribution is 7.99. The fraction of sp³-hybridized carbons (Fsp3) is 0.200. The predicted molar refractivity (Wildman–Crippen MR) is 58.3 cm³/mol. The van der Waals surface area contributed by atoms with E-state index in [0.717, 1.165) is 5.56 Å². The Labute approximate surface area is 90.7 Å². The first-order valence-corrected chi connectivity index (χ1v) is 5.63. The molecule has 0 fully saturated rings. The number of rotatable bonds is 2. The molecule has 1 unspecified atom stereocenters. The predicted octanol–water partition coefficient (Wildman–Crippen LogP) is 1.74. The third-order valence-electron chi connectivity index (χ3n) is 2.31. The lowest BCUT2D eigenvalue weighted by Crippen LogP contribution is -2.08. The number of amides is 1. The summed E-state index contributed by atoms with van der Waals surface area (Å²) in [5.41, 5.74) is 1.68. The summed E-state index contributed by atoms with van der Waals surface area (Å²) >= 11 is 1.40. The van der Waals surface area contributed by atoms with Gasteiger partial charge in [-0.15, -0.1) is 11.8 Å². The van der Waals surface area contributed by atoms with Gasteiger partial charge >= 0.3 is 5.97 Å². The Morgan fingerprint density at radius 3 is 2.87 bits per heavy atom. The Kier molecular flexibility index (Phi) is 2.40. The average molecular weight is 223 g/mol. The minimum Gasteiger partial charge on any atom is -0.478 e. The number of aromatic carboxylic acids is 1. The number of carbonyl (C=O) groups is 2. The molecule has 5 heteroatoms. The summed E-state index contributed by atoms with van der Waals surface area (Å²) < 4.78 is 0.